The van der Waals surface area contributed by atoms with Gasteiger partial charge in [0.1, 0.15) is 6.10 Å². The fraction of sp³-hybridized carbons (Fsp3) is 0.735. The predicted molar refractivity (Wildman–Crippen MR) is 159 cm³/mol. The third kappa shape index (κ3) is 5.23. The molecule has 4 heteroatoms. The Balaban J connectivity index is 1.25. The van der Waals surface area contributed by atoms with Gasteiger partial charge in [-0.25, -0.2) is 4.79 Å². The van der Waals surface area contributed by atoms with Gasteiger partial charge in [-0.2, -0.15) is 0 Å². The van der Waals surface area contributed by atoms with E-state index in [0.29, 0.717) is 21.0 Å². The lowest BCUT2D eigenvalue weighted by Gasteiger charge is -2.58. The minimum atomic E-state index is -0.331. The molecule has 0 heterocycles. The van der Waals surface area contributed by atoms with Gasteiger partial charge in [-0.1, -0.05) is 88.7 Å². The Morgan fingerprint density at radius 2 is 1.82 bits per heavy atom. The average Bonchev–Trinajstić information content (AvgIpc) is 3.21. The molecule has 4 aliphatic rings. The lowest BCUT2D eigenvalue weighted by molar-refractivity contribution is -0.0594. The molecule has 38 heavy (non-hydrogen) atoms. The maximum absolute atomic E-state index is 12.9. The molecule has 5 rings (SSSR count). The van der Waals surface area contributed by atoms with E-state index in [2.05, 4.69) is 40.7 Å². The number of rotatable bonds is 7. The third-order valence-corrected chi connectivity index (χ3v) is 12.2. The molecule has 0 amide bonds. The molecular formula is C34H48Cl2O2. The van der Waals surface area contributed by atoms with Crippen LogP contribution in [0.15, 0.2) is 29.8 Å². The Hall–Kier alpha value is -0.990. The van der Waals surface area contributed by atoms with Crippen molar-refractivity contribution in [2.24, 2.45) is 46.3 Å². The summed E-state index contributed by atoms with van der Waals surface area (Å²) in [4.78, 5) is 12.9. The van der Waals surface area contributed by atoms with Crippen LogP contribution in [0.2, 0.25) is 10.0 Å². The van der Waals surface area contributed by atoms with E-state index in [1.165, 1.54) is 51.4 Å². The number of allylic oxidation sites excluding steroid dienone is 1. The summed E-state index contributed by atoms with van der Waals surface area (Å²) in [7, 11) is 0. The molecule has 0 saturated heterocycles. The van der Waals surface area contributed by atoms with E-state index in [4.69, 9.17) is 27.9 Å². The number of carbonyl (C=O) groups is 1. The second-order valence-electron chi connectivity index (χ2n) is 14.2. The largest absolute Gasteiger partial charge is 0.458 e. The highest BCUT2D eigenvalue weighted by Crippen LogP contribution is 2.67. The summed E-state index contributed by atoms with van der Waals surface area (Å²) < 4.78 is 5.99. The van der Waals surface area contributed by atoms with Gasteiger partial charge in [0.25, 0.3) is 0 Å². The van der Waals surface area contributed by atoms with Gasteiger partial charge in [0.15, 0.2) is 0 Å². The maximum Gasteiger partial charge on any atom is 0.339 e. The first-order valence-electron chi connectivity index (χ1n) is 15.4. The SMILES string of the molecule is CC(C)CCC[C@@H](C)[C@@H]1CC[C@@H]2[C@H]3CC=C4C[C@@H](OC(=O)c5ccc(Cl)cc5Cl)CC[C@]4(C)[C@@H]3CC[C@]21C. The number of halogens is 2. The zero-order valence-electron chi connectivity index (χ0n) is 24.2. The molecule has 3 fully saturated rings. The third-order valence-electron chi connectivity index (χ3n) is 11.7. The first kappa shape index (κ1) is 28.5. The number of hydrogen-bond acceptors (Lipinski definition) is 2. The van der Waals surface area contributed by atoms with Crippen LogP contribution in [0, 0.1) is 46.3 Å². The van der Waals surface area contributed by atoms with Crippen molar-refractivity contribution >= 4 is 29.2 Å². The first-order valence-corrected chi connectivity index (χ1v) is 16.1. The van der Waals surface area contributed by atoms with Crippen LogP contribution in [0.4, 0.5) is 0 Å². The maximum atomic E-state index is 12.9. The summed E-state index contributed by atoms with van der Waals surface area (Å²) in [5.74, 6) is 4.71. The lowest BCUT2D eigenvalue weighted by atomic mass is 9.47. The number of ether oxygens (including phenoxy) is 1. The van der Waals surface area contributed by atoms with Crippen molar-refractivity contribution in [2.75, 3.05) is 0 Å². The second-order valence-corrected chi connectivity index (χ2v) is 15.0. The molecule has 1 aromatic carbocycles. The van der Waals surface area contributed by atoms with E-state index in [1.807, 2.05) is 0 Å². The molecule has 3 saturated carbocycles. The normalized spacial score (nSPS) is 37.2. The molecule has 0 aromatic heterocycles. The first-order chi connectivity index (χ1) is 18.0. The van der Waals surface area contributed by atoms with Crippen LogP contribution in [-0.2, 0) is 4.74 Å². The van der Waals surface area contributed by atoms with Gasteiger partial charge in [0.2, 0.25) is 0 Å². The highest BCUT2D eigenvalue weighted by molar-refractivity contribution is 6.36. The highest BCUT2D eigenvalue weighted by Gasteiger charge is 2.59. The molecule has 210 valence electrons. The standard InChI is InChI=1S/C34H48Cl2O2/c1-21(2)7-6-8-22(3)28-13-14-29-26-11-9-23-19-25(38-32(37)27-12-10-24(35)20-31(27)36)15-17-33(23,4)30(26)16-18-34(28,29)5/h9-10,12,20-22,25-26,28-30H,6-8,11,13-19H2,1-5H3/t22-,25+,26-,28+,29-,30-,33+,34+/m1/s1. The Morgan fingerprint density at radius 1 is 1.03 bits per heavy atom. The Bertz CT molecular complexity index is 1060. The smallest absolute Gasteiger partial charge is 0.339 e. The average molecular weight is 560 g/mol. The molecule has 4 aliphatic carbocycles. The van der Waals surface area contributed by atoms with Crippen LogP contribution in [0.25, 0.3) is 0 Å². The molecule has 0 unspecified atom stereocenters. The number of esters is 1. The lowest BCUT2D eigenvalue weighted by Crippen LogP contribution is -2.51. The molecule has 0 spiro atoms. The van der Waals surface area contributed by atoms with Crippen LogP contribution < -0.4 is 0 Å². The summed E-state index contributed by atoms with van der Waals surface area (Å²) in [5.41, 5.74) is 2.73. The van der Waals surface area contributed by atoms with Gasteiger partial charge in [-0.15, -0.1) is 0 Å². The van der Waals surface area contributed by atoms with Crippen LogP contribution in [0.3, 0.4) is 0 Å². The monoisotopic (exact) mass is 558 g/mol. The molecule has 0 radical (unpaired) electrons. The topological polar surface area (TPSA) is 26.3 Å². The summed E-state index contributed by atoms with van der Waals surface area (Å²) in [5, 5.41) is 0.886. The summed E-state index contributed by atoms with van der Waals surface area (Å²) >= 11 is 12.3. The molecule has 1 aromatic rings. The Kier molecular flexibility index (Phi) is 8.35. The van der Waals surface area contributed by atoms with Crippen LogP contribution in [0.5, 0.6) is 0 Å². The van der Waals surface area contributed by atoms with Gasteiger partial charge < -0.3 is 4.74 Å². The number of hydrogen-bond donors (Lipinski definition) is 0. The Labute approximate surface area is 241 Å². The molecule has 0 aliphatic heterocycles. The summed E-state index contributed by atoms with van der Waals surface area (Å²) in [6, 6.07) is 4.98. The van der Waals surface area contributed by atoms with Crippen LogP contribution in [-0.4, -0.2) is 12.1 Å². The van der Waals surface area contributed by atoms with Crippen LogP contribution in [0.1, 0.15) is 116 Å². The molecular weight excluding hydrogens is 511 g/mol. The van der Waals surface area contributed by atoms with Crippen molar-refractivity contribution in [3.8, 4) is 0 Å². The van der Waals surface area contributed by atoms with Crippen LogP contribution >= 0.6 is 23.2 Å². The molecule has 2 nitrogen and oxygen atoms in total. The van der Waals surface area contributed by atoms with Crippen molar-refractivity contribution in [1.29, 1.82) is 0 Å². The van der Waals surface area contributed by atoms with Gasteiger partial charge in [0, 0.05) is 11.4 Å². The number of carbonyl (C=O) groups excluding carboxylic acids is 1. The van der Waals surface area contributed by atoms with Crippen molar-refractivity contribution in [3.63, 3.8) is 0 Å². The molecule has 0 N–H and O–H groups in total. The van der Waals surface area contributed by atoms with E-state index in [-0.39, 0.29) is 17.5 Å². The fourth-order valence-electron chi connectivity index (χ4n) is 9.62. The van der Waals surface area contributed by atoms with Gasteiger partial charge in [-0.05, 0) is 109 Å². The van der Waals surface area contributed by atoms with E-state index in [0.717, 1.165) is 54.8 Å². The molecule has 8 atom stereocenters. The number of fused-ring (bicyclic) bond motifs is 5. The fourth-order valence-corrected chi connectivity index (χ4v) is 10.1. The summed E-state index contributed by atoms with van der Waals surface area (Å²) in [6.07, 6.45) is 16.4. The second kappa shape index (κ2) is 11.1. The van der Waals surface area contributed by atoms with Crippen molar-refractivity contribution in [2.45, 2.75) is 111 Å². The molecule has 0 bridgehead atoms. The van der Waals surface area contributed by atoms with Gasteiger partial charge in [0.05, 0.1) is 10.6 Å². The number of benzene rings is 1. The van der Waals surface area contributed by atoms with E-state index >= 15 is 0 Å². The van der Waals surface area contributed by atoms with Crippen molar-refractivity contribution in [1.82, 2.24) is 0 Å². The highest BCUT2D eigenvalue weighted by atomic mass is 35.5. The van der Waals surface area contributed by atoms with E-state index in [1.54, 1.807) is 23.8 Å². The van der Waals surface area contributed by atoms with E-state index in [9.17, 15) is 4.79 Å². The van der Waals surface area contributed by atoms with Crippen molar-refractivity contribution in [3.05, 3.63) is 45.5 Å². The van der Waals surface area contributed by atoms with E-state index < -0.39 is 0 Å². The van der Waals surface area contributed by atoms with Gasteiger partial charge >= 0.3 is 5.97 Å². The quantitative estimate of drug-likeness (QED) is 0.245. The minimum absolute atomic E-state index is 0.0680. The van der Waals surface area contributed by atoms with Gasteiger partial charge in [-0.3, -0.25) is 0 Å². The minimum Gasteiger partial charge on any atom is -0.458 e. The Morgan fingerprint density at radius 3 is 2.55 bits per heavy atom. The predicted octanol–water partition coefficient (Wildman–Crippen LogP) is 10.6. The summed E-state index contributed by atoms with van der Waals surface area (Å²) in [6.45, 7) is 12.5. The van der Waals surface area contributed by atoms with Crippen molar-refractivity contribution < 1.29 is 9.53 Å². The zero-order valence-corrected chi connectivity index (χ0v) is 25.7. The zero-order chi connectivity index (χ0) is 27.2.